The van der Waals surface area contributed by atoms with Crippen LogP contribution in [0.2, 0.25) is 0 Å². The van der Waals surface area contributed by atoms with Gasteiger partial charge in [-0.05, 0) is 31.5 Å². The van der Waals surface area contributed by atoms with E-state index in [4.69, 9.17) is 15.0 Å². The van der Waals surface area contributed by atoms with E-state index in [2.05, 4.69) is 5.16 Å². The zero-order valence-electron chi connectivity index (χ0n) is 18.9. The minimum absolute atomic E-state index is 0.0577. The Morgan fingerprint density at radius 1 is 1.26 bits per heavy atom. The third-order valence-electron chi connectivity index (χ3n) is 6.44. The van der Waals surface area contributed by atoms with Crippen molar-refractivity contribution < 1.29 is 44.4 Å². The van der Waals surface area contributed by atoms with Gasteiger partial charge in [0.2, 0.25) is 5.76 Å². The number of aromatic nitrogens is 1. The lowest BCUT2D eigenvalue weighted by molar-refractivity contribution is -0.153. The predicted octanol–water partition coefficient (Wildman–Crippen LogP) is 2.93. The van der Waals surface area contributed by atoms with Gasteiger partial charge in [0.25, 0.3) is 5.91 Å². The average Bonchev–Trinajstić information content (AvgIpc) is 2.97. The quantitative estimate of drug-likeness (QED) is 0.579. The number of benzene rings is 1. The summed E-state index contributed by atoms with van der Waals surface area (Å²) in [5.41, 5.74) is 4.32. The van der Waals surface area contributed by atoms with Crippen LogP contribution in [0.1, 0.15) is 40.7 Å². The van der Waals surface area contributed by atoms with Gasteiger partial charge in [0, 0.05) is 37.4 Å². The Hall–Kier alpha value is -2.74. The highest BCUT2D eigenvalue weighted by Crippen LogP contribution is 2.61. The summed E-state index contributed by atoms with van der Waals surface area (Å²) in [4.78, 5) is 14.3. The van der Waals surface area contributed by atoms with Crippen LogP contribution in [0.25, 0.3) is 0 Å². The van der Waals surface area contributed by atoms with E-state index in [1.165, 1.54) is 11.8 Å². The van der Waals surface area contributed by atoms with Gasteiger partial charge in [0.05, 0.1) is 21.6 Å². The summed E-state index contributed by atoms with van der Waals surface area (Å²) in [7, 11) is -3.80. The molecule has 0 radical (unpaired) electrons. The number of alkyl halides is 5. The van der Waals surface area contributed by atoms with Crippen molar-refractivity contribution >= 4 is 15.7 Å². The van der Waals surface area contributed by atoms with Gasteiger partial charge in [-0.3, -0.25) is 4.79 Å². The van der Waals surface area contributed by atoms with Crippen molar-refractivity contribution in [1.82, 2.24) is 10.1 Å². The second-order valence-electron chi connectivity index (χ2n) is 9.28. The molecule has 1 amide bonds. The number of likely N-dealkylation sites (tertiary alicyclic amines) is 1. The Kier molecular flexibility index (Phi) is 5.53. The van der Waals surface area contributed by atoms with Gasteiger partial charge in [-0.25, -0.2) is 8.42 Å². The van der Waals surface area contributed by atoms with Crippen molar-refractivity contribution in [1.29, 1.82) is 0 Å². The number of carbonyl (C=O) groups excluding carboxylic acids is 1. The first kappa shape index (κ1) is 25.4. The van der Waals surface area contributed by atoms with Crippen LogP contribution in [0.15, 0.2) is 27.6 Å². The molecule has 35 heavy (non-hydrogen) atoms. The molecular weight excluding hydrogens is 501 g/mol. The summed E-state index contributed by atoms with van der Waals surface area (Å²) in [6, 6.07) is 2.97. The van der Waals surface area contributed by atoms with Gasteiger partial charge >= 0.3 is 12.1 Å². The highest BCUT2D eigenvalue weighted by Gasteiger charge is 2.73. The summed E-state index contributed by atoms with van der Waals surface area (Å²) < 4.78 is 99.4. The molecule has 1 aliphatic carbocycles. The molecule has 2 atom stereocenters. The number of amides is 1. The second-order valence-corrected chi connectivity index (χ2v) is 11.3. The first-order valence-corrected chi connectivity index (χ1v) is 12.2. The van der Waals surface area contributed by atoms with E-state index in [-0.39, 0.29) is 29.2 Å². The first-order chi connectivity index (χ1) is 15.9. The molecule has 2 aromatic rings. The number of sulfone groups is 1. The monoisotopic (exact) mass is 523 g/mol. The number of halogens is 5. The normalized spacial score (nSPS) is 24.4. The maximum Gasteiger partial charge on any atom is 0.422 e. The summed E-state index contributed by atoms with van der Waals surface area (Å²) in [6.45, 7) is 0.244. The van der Waals surface area contributed by atoms with Crippen molar-refractivity contribution in [3.63, 3.8) is 0 Å². The van der Waals surface area contributed by atoms with Gasteiger partial charge in [-0.15, -0.1) is 0 Å². The van der Waals surface area contributed by atoms with Crippen molar-refractivity contribution in [3.8, 4) is 5.75 Å². The Balaban J connectivity index is 1.68. The van der Waals surface area contributed by atoms with E-state index in [1.807, 2.05) is 0 Å². The predicted molar refractivity (Wildman–Crippen MR) is 111 cm³/mol. The van der Waals surface area contributed by atoms with Crippen LogP contribution in [-0.2, 0) is 21.2 Å². The highest BCUT2D eigenvalue weighted by atomic mass is 32.2. The van der Waals surface area contributed by atoms with Gasteiger partial charge in [0.1, 0.15) is 5.75 Å². The molecule has 14 heteroatoms. The molecule has 192 valence electrons. The molecule has 0 spiro atoms. The van der Waals surface area contributed by atoms with Gasteiger partial charge < -0.3 is 19.9 Å². The van der Waals surface area contributed by atoms with Crippen LogP contribution in [0.3, 0.4) is 0 Å². The number of nitrogens with zero attached hydrogens (tertiary/aromatic N) is 2. The van der Waals surface area contributed by atoms with Crippen LogP contribution in [-0.4, -0.2) is 62.0 Å². The second kappa shape index (κ2) is 7.63. The van der Waals surface area contributed by atoms with Crippen molar-refractivity contribution in [2.75, 3.05) is 26.0 Å². The molecule has 1 saturated heterocycles. The number of carbonyl (C=O) groups is 1. The average molecular weight is 523 g/mol. The molecule has 2 unspecified atom stereocenters. The van der Waals surface area contributed by atoms with Crippen molar-refractivity contribution in [2.24, 2.45) is 5.73 Å². The van der Waals surface area contributed by atoms with Crippen LogP contribution in [0.5, 0.6) is 5.75 Å². The summed E-state index contributed by atoms with van der Waals surface area (Å²) in [5.74, 6) is -5.18. The lowest BCUT2D eigenvalue weighted by Gasteiger charge is -2.22. The minimum atomic E-state index is -4.69. The highest BCUT2D eigenvalue weighted by molar-refractivity contribution is 7.90. The van der Waals surface area contributed by atoms with Crippen LogP contribution in [0, 0.1) is 6.92 Å². The summed E-state index contributed by atoms with van der Waals surface area (Å²) in [6.07, 6.45) is -3.48. The number of rotatable bonds is 6. The van der Waals surface area contributed by atoms with E-state index < -0.39 is 62.5 Å². The number of fused-ring (bicyclic) bond motifs is 1. The molecular formula is C21H22F5N3O5S. The fourth-order valence-electron chi connectivity index (χ4n) is 4.73. The first-order valence-electron chi connectivity index (χ1n) is 10.3. The van der Waals surface area contributed by atoms with Crippen LogP contribution >= 0.6 is 0 Å². The van der Waals surface area contributed by atoms with Gasteiger partial charge in [-0.2, -0.15) is 22.0 Å². The van der Waals surface area contributed by atoms with E-state index in [0.717, 1.165) is 24.5 Å². The molecule has 1 saturated carbocycles. The van der Waals surface area contributed by atoms with E-state index >= 15 is 0 Å². The molecule has 2 fully saturated rings. The standard InChI is InChI=1S/C21H22F5N3O5S/c1-11-15(28-34-16(11)18(2,22)23)19-7-20(19,27)9-29(8-19)17(30)13-6-12(35(3,31)32)4-5-14(13)33-10-21(24,25)26/h4-6H,7-10,27H2,1-3H3. The fraction of sp³-hybridized carbons (Fsp3) is 0.524. The topological polar surface area (TPSA) is 116 Å². The summed E-state index contributed by atoms with van der Waals surface area (Å²) >= 11 is 0. The Morgan fingerprint density at radius 3 is 2.46 bits per heavy atom. The van der Waals surface area contributed by atoms with Crippen LogP contribution in [0.4, 0.5) is 22.0 Å². The molecule has 1 aromatic carbocycles. The molecule has 1 aliphatic heterocycles. The molecule has 2 aliphatic rings. The Bertz CT molecular complexity index is 1300. The minimum Gasteiger partial charge on any atom is -0.483 e. The van der Waals surface area contributed by atoms with E-state index in [9.17, 15) is 35.2 Å². The number of hydrogen-bond donors (Lipinski definition) is 1. The molecule has 8 nitrogen and oxygen atoms in total. The zero-order chi connectivity index (χ0) is 26.2. The third kappa shape index (κ3) is 4.37. The van der Waals surface area contributed by atoms with Gasteiger partial charge in [-0.1, -0.05) is 5.16 Å². The molecule has 2 heterocycles. The van der Waals surface area contributed by atoms with Gasteiger partial charge in [0.15, 0.2) is 16.4 Å². The third-order valence-corrected chi connectivity index (χ3v) is 7.55. The molecule has 2 N–H and O–H groups in total. The number of ether oxygens (including phenoxy) is 1. The fourth-order valence-corrected chi connectivity index (χ4v) is 5.38. The maximum atomic E-state index is 13.8. The lowest BCUT2D eigenvalue weighted by atomic mass is 9.94. The largest absolute Gasteiger partial charge is 0.483 e. The lowest BCUT2D eigenvalue weighted by Crippen LogP contribution is -2.37. The van der Waals surface area contributed by atoms with E-state index in [0.29, 0.717) is 13.3 Å². The molecule has 1 aromatic heterocycles. The van der Waals surface area contributed by atoms with E-state index in [1.54, 1.807) is 0 Å². The number of hydrogen-bond acceptors (Lipinski definition) is 7. The van der Waals surface area contributed by atoms with Crippen LogP contribution < -0.4 is 10.5 Å². The smallest absolute Gasteiger partial charge is 0.422 e. The number of piperidine rings is 1. The SMILES string of the molecule is Cc1c(C23CN(C(=O)c4cc(S(C)(=O)=O)ccc4OCC(F)(F)F)CC2(N)C3)noc1C(C)(F)F. The summed E-state index contributed by atoms with van der Waals surface area (Å²) in [5, 5.41) is 3.81. The maximum absolute atomic E-state index is 13.8. The zero-order valence-corrected chi connectivity index (χ0v) is 19.7. The van der Waals surface area contributed by atoms with Crippen molar-refractivity contribution in [3.05, 3.63) is 40.8 Å². The molecule has 0 bridgehead atoms. The Morgan fingerprint density at radius 2 is 1.91 bits per heavy atom. The number of nitrogens with two attached hydrogens (primary N) is 1. The van der Waals surface area contributed by atoms with Crippen molar-refractivity contribution in [2.45, 2.75) is 48.2 Å². The Labute approximate surface area is 197 Å². The molecule has 4 rings (SSSR count).